The van der Waals surface area contributed by atoms with Gasteiger partial charge in [0.2, 0.25) is 0 Å². The molecule has 74 valence electrons. The second-order valence-electron chi connectivity index (χ2n) is 2.98. The van der Waals surface area contributed by atoms with E-state index in [0.29, 0.717) is 0 Å². The molecular weight excluding hydrogens is 160 g/mol. The maximum absolute atomic E-state index is 8.49. The van der Waals surface area contributed by atoms with Crippen LogP contribution >= 0.6 is 0 Å². The van der Waals surface area contributed by atoms with Gasteiger partial charge in [0.15, 0.2) is 0 Å². The third-order valence-corrected chi connectivity index (χ3v) is 1.64. The van der Waals surface area contributed by atoms with Gasteiger partial charge in [-0.05, 0) is 19.3 Å². The summed E-state index contributed by atoms with van der Waals surface area (Å²) in [5.74, 6) is 6.12. The van der Waals surface area contributed by atoms with Crippen LogP contribution in [0.3, 0.4) is 0 Å². The van der Waals surface area contributed by atoms with Crippen LogP contribution in [0.4, 0.5) is 0 Å². The fraction of sp³-hybridized carbons (Fsp3) is 0.667. The van der Waals surface area contributed by atoms with Crippen LogP contribution in [-0.4, -0.2) is 11.7 Å². The van der Waals surface area contributed by atoms with Gasteiger partial charge >= 0.3 is 0 Å². The normalized spacial score (nSPS) is 10.0. The lowest BCUT2D eigenvalue weighted by Gasteiger charge is -1.86. The average molecular weight is 180 g/mol. The lowest BCUT2D eigenvalue weighted by Crippen LogP contribution is -1.78. The predicted molar refractivity (Wildman–Crippen MR) is 57.4 cm³/mol. The SMILES string of the molecule is CCCC=CCCC#CCCCO. The average Bonchev–Trinajstić information content (AvgIpc) is 2.16. The van der Waals surface area contributed by atoms with Crippen molar-refractivity contribution in [3.63, 3.8) is 0 Å². The molecule has 0 aliphatic rings. The zero-order valence-electron chi connectivity index (χ0n) is 8.55. The number of rotatable bonds is 6. The van der Waals surface area contributed by atoms with Crippen molar-refractivity contribution < 1.29 is 5.11 Å². The van der Waals surface area contributed by atoms with E-state index in [1.54, 1.807) is 0 Å². The van der Waals surface area contributed by atoms with Gasteiger partial charge in [-0.1, -0.05) is 25.5 Å². The van der Waals surface area contributed by atoms with Crippen LogP contribution in [-0.2, 0) is 0 Å². The Morgan fingerprint density at radius 1 is 1.08 bits per heavy atom. The second kappa shape index (κ2) is 11.3. The molecule has 0 aliphatic carbocycles. The van der Waals surface area contributed by atoms with Gasteiger partial charge in [-0.15, -0.1) is 11.8 Å². The van der Waals surface area contributed by atoms with Crippen LogP contribution in [0, 0.1) is 11.8 Å². The van der Waals surface area contributed by atoms with Gasteiger partial charge in [-0.25, -0.2) is 0 Å². The number of hydrogen-bond acceptors (Lipinski definition) is 1. The van der Waals surface area contributed by atoms with E-state index in [9.17, 15) is 0 Å². The maximum atomic E-state index is 8.49. The maximum Gasteiger partial charge on any atom is 0.0440 e. The lowest BCUT2D eigenvalue weighted by molar-refractivity contribution is 0.290. The predicted octanol–water partition coefficient (Wildman–Crippen LogP) is 2.90. The number of aliphatic hydroxyl groups excluding tert-OH is 1. The minimum Gasteiger partial charge on any atom is -0.396 e. The third kappa shape index (κ3) is 11.3. The van der Waals surface area contributed by atoms with Crippen LogP contribution in [0.1, 0.15) is 45.4 Å². The summed E-state index contributed by atoms with van der Waals surface area (Å²) in [6.07, 6.45) is 10.5. The Balaban J connectivity index is 3.17. The fourth-order valence-electron chi connectivity index (χ4n) is 0.902. The Hall–Kier alpha value is -0.740. The monoisotopic (exact) mass is 180 g/mol. The van der Waals surface area contributed by atoms with Crippen LogP contribution < -0.4 is 0 Å². The summed E-state index contributed by atoms with van der Waals surface area (Å²) in [6.45, 7) is 2.43. The number of unbranched alkanes of at least 4 members (excludes halogenated alkanes) is 3. The van der Waals surface area contributed by atoms with Crippen LogP contribution in [0.15, 0.2) is 12.2 Å². The first-order valence-electron chi connectivity index (χ1n) is 5.13. The molecule has 0 heterocycles. The van der Waals surface area contributed by atoms with Crippen LogP contribution in [0.25, 0.3) is 0 Å². The molecule has 0 atom stereocenters. The molecule has 0 radical (unpaired) electrons. The molecular formula is C12H20O. The standard InChI is InChI=1S/C12H20O/c1-2-3-4-5-6-7-8-9-10-11-12-13/h4-5,13H,2-3,6-7,10-12H2,1H3. The molecule has 0 unspecified atom stereocenters. The van der Waals surface area contributed by atoms with Gasteiger partial charge in [-0.3, -0.25) is 0 Å². The zero-order chi connectivity index (χ0) is 9.78. The molecule has 1 N–H and O–H groups in total. The molecule has 0 rings (SSSR count). The van der Waals surface area contributed by atoms with Crippen molar-refractivity contribution in [1.82, 2.24) is 0 Å². The molecule has 0 bridgehead atoms. The van der Waals surface area contributed by atoms with Gasteiger partial charge in [0, 0.05) is 19.4 Å². The fourth-order valence-corrected chi connectivity index (χ4v) is 0.902. The first kappa shape index (κ1) is 12.3. The van der Waals surface area contributed by atoms with E-state index in [1.165, 1.54) is 12.8 Å². The molecule has 0 amide bonds. The Labute approximate surface area is 81.9 Å². The quantitative estimate of drug-likeness (QED) is 0.378. The van der Waals surface area contributed by atoms with E-state index in [-0.39, 0.29) is 6.61 Å². The minimum atomic E-state index is 0.255. The molecule has 0 saturated carbocycles. The summed E-state index contributed by atoms with van der Waals surface area (Å²) in [5.41, 5.74) is 0. The van der Waals surface area contributed by atoms with Crippen LogP contribution in [0.2, 0.25) is 0 Å². The van der Waals surface area contributed by atoms with E-state index >= 15 is 0 Å². The molecule has 0 fully saturated rings. The topological polar surface area (TPSA) is 20.2 Å². The van der Waals surface area contributed by atoms with Crippen molar-refractivity contribution in [3.8, 4) is 11.8 Å². The highest BCUT2D eigenvalue weighted by Gasteiger charge is 1.78. The molecule has 0 saturated heterocycles. The van der Waals surface area contributed by atoms with Crippen molar-refractivity contribution in [3.05, 3.63) is 12.2 Å². The molecule has 1 nitrogen and oxygen atoms in total. The third-order valence-electron chi connectivity index (χ3n) is 1.64. The Morgan fingerprint density at radius 2 is 1.77 bits per heavy atom. The highest BCUT2D eigenvalue weighted by atomic mass is 16.2. The van der Waals surface area contributed by atoms with E-state index in [1.807, 2.05) is 0 Å². The molecule has 0 spiro atoms. The summed E-state index contributed by atoms with van der Waals surface area (Å²) in [5, 5.41) is 8.49. The summed E-state index contributed by atoms with van der Waals surface area (Å²) >= 11 is 0. The zero-order valence-corrected chi connectivity index (χ0v) is 8.55. The Morgan fingerprint density at radius 3 is 2.46 bits per heavy atom. The van der Waals surface area contributed by atoms with Crippen LogP contribution in [0.5, 0.6) is 0 Å². The number of aliphatic hydroxyl groups is 1. The highest BCUT2D eigenvalue weighted by Crippen LogP contribution is 1.94. The van der Waals surface area contributed by atoms with E-state index in [4.69, 9.17) is 5.11 Å². The molecule has 1 heteroatoms. The van der Waals surface area contributed by atoms with Gasteiger partial charge in [-0.2, -0.15) is 0 Å². The molecule has 13 heavy (non-hydrogen) atoms. The minimum absolute atomic E-state index is 0.255. The summed E-state index contributed by atoms with van der Waals surface area (Å²) in [4.78, 5) is 0. The van der Waals surface area contributed by atoms with Gasteiger partial charge in [0.1, 0.15) is 0 Å². The van der Waals surface area contributed by atoms with E-state index in [0.717, 1.165) is 25.7 Å². The van der Waals surface area contributed by atoms with Gasteiger partial charge in [0.25, 0.3) is 0 Å². The Bertz CT molecular complexity index is 171. The van der Waals surface area contributed by atoms with Crippen molar-refractivity contribution in [1.29, 1.82) is 0 Å². The summed E-state index contributed by atoms with van der Waals surface area (Å²) in [6, 6.07) is 0. The Kier molecular flexibility index (Phi) is 10.6. The van der Waals surface area contributed by atoms with E-state index < -0.39 is 0 Å². The second-order valence-corrected chi connectivity index (χ2v) is 2.98. The number of allylic oxidation sites excluding steroid dienone is 2. The van der Waals surface area contributed by atoms with Gasteiger partial charge < -0.3 is 5.11 Å². The van der Waals surface area contributed by atoms with Gasteiger partial charge in [0.05, 0.1) is 0 Å². The van der Waals surface area contributed by atoms with Crippen molar-refractivity contribution >= 4 is 0 Å². The summed E-state index contributed by atoms with van der Waals surface area (Å²) < 4.78 is 0. The lowest BCUT2D eigenvalue weighted by atomic mass is 10.2. The molecule has 0 aromatic heterocycles. The van der Waals surface area contributed by atoms with Crippen molar-refractivity contribution in [2.75, 3.05) is 6.61 Å². The smallest absolute Gasteiger partial charge is 0.0440 e. The molecule has 0 aromatic carbocycles. The van der Waals surface area contributed by atoms with E-state index in [2.05, 4.69) is 30.9 Å². The first-order chi connectivity index (χ1) is 6.41. The first-order valence-corrected chi connectivity index (χ1v) is 5.13. The molecule has 0 aliphatic heterocycles. The summed E-state index contributed by atoms with van der Waals surface area (Å²) in [7, 11) is 0. The molecule has 0 aromatic rings. The highest BCUT2D eigenvalue weighted by molar-refractivity contribution is 5.00. The largest absolute Gasteiger partial charge is 0.396 e. The number of hydrogen-bond donors (Lipinski definition) is 1. The van der Waals surface area contributed by atoms with Crippen molar-refractivity contribution in [2.24, 2.45) is 0 Å². The van der Waals surface area contributed by atoms with Crippen molar-refractivity contribution in [2.45, 2.75) is 45.4 Å².